The second-order valence-corrected chi connectivity index (χ2v) is 13.9. The van der Waals surface area contributed by atoms with Crippen LogP contribution in [0.25, 0.3) is 0 Å². The van der Waals surface area contributed by atoms with E-state index in [1.165, 1.54) is 17.0 Å². The van der Waals surface area contributed by atoms with E-state index in [0.29, 0.717) is 5.69 Å². The fraction of sp³-hybridized carbons (Fsp3) is 0.257. The molecular formula is C35H38IN3O4S. The van der Waals surface area contributed by atoms with Crippen LogP contribution in [0.1, 0.15) is 37.0 Å². The van der Waals surface area contributed by atoms with E-state index < -0.39 is 28.5 Å². The van der Waals surface area contributed by atoms with Crippen LogP contribution in [-0.2, 0) is 32.6 Å². The molecule has 4 rings (SSSR count). The first kappa shape index (κ1) is 33.2. The lowest BCUT2D eigenvalue weighted by atomic mass is 10.0. The number of hydrogen-bond acceptors (Lipinski definition) is 4. The molecule has 0 fully saturated rings. The van der Waals surface area contributed by atoms with Gasteiger partial charge in [0.25, 0.3) is 10.0 Å². The smallest absolute Gasteiger partial charge is 0.264 e. The van der Waals surface area contributed by atoms with Crippen molar-refractivity contribution >= 4 is 50.1 Å². The molecule has 44 heavy (non-hydrogen) atoms. The van der Waals surface area contributed by atoms with Crippen molar-refractivity contribution in [3.8, 4) is 0 Å². The van der Waals surface area contributed by atoms with E-state index in [1.54, 1.807) is 42.5 Å². The summed E-state index contributed by atoms with van der Waals surface area (Å²) in [6.07, 6.45) is 1.00. The molecule has 0 aliphatic carbocycles. The van der Waals surface area contributed by atoms with Gasteiger partial charge in [0.2, 0.25) is 11.8 Å². The normalized spacial score (nSPS) is 12.6. The first-order valence-electron chi connectivity index (χ1n) is 14.6. The zero-order chi connectivity index (χ0) is 31.7. The molecule has 0 saturated carbocycles. The Labute approximate surface area is 274 Å². The molecule has 4 aromatic rings. The first-order valence-corrected chi connectivity index (χ1v) is 17.1. The number of carbonyl (C=O) groups is 2. The highest BCUT2D eigenvalue weighted by molar-refractivity contribution is 14.1. The molecule has 0 spiro atoms. The van der Waals surface area contributed by atoms with Gasteiger partial charge in [0.05, 0.1) is 10.6 Å². The third kappa shape index (κ3) is 8.47. The number of benzene rings is 4. The number of anilines is 1. The lowest BCUT2D eigenvalue weighted by Gasteiger charge is -2.34. The third-order valence-electron chi connectivity index (χ3n) is 7.60. The maximum absolute atomic E-state index is 14.5. The lowest BCUT2D eigenvalue weighted by Crippen LogP contribution is -2.54. The molecule has 9 heteroatoms. The fourth-order valence-electron chi connectivity index (χ4n) is 4.82. The van der Waals surface area contributed by atoms with E-state index >= 15 is 0 Å². The van der Waals surface area contributed by atoms with Crippen LogP contribution in [0.3, 0.4) is 0 Å². The Morgan fingerprint density at radius 2 is 1.43 bits per heavy atom. The monoisotopic (exact) mass is 723 g/mol. The molecule has 0 saturated heterocycles. The SMILES string of the molecule is CC[C@H](C)NC(=O)[C@@H](Cc1ccccc1)N(Cc1ccccc1C)C(=O)CN(c1ccc(I)cc1)S(=O)(=O)c1ccccc1. The lowest BCUT2D eigenvalue weighted by molar-refractivity contribution is -0.140. The Morgan fingerprint density at radius 1 is 0.841 bits per heavy atom. The molecule has 1 N–H and O–H groups in total. The maximum Gasteiger partial charge on any atom is 0.264 e. The van der Waals surface area contributed by atoms with Crippen LogP contribution in [0.5, 0.6) is 0 Å². The summed E-state index contributed by atoms with van der Waals surface area (Å²) in [4.78, 5) is 30.0. The first-order chi connectivity index (χ1) is 21.1. The summed E-state index contributed by atoms with van der Waals surface area (Å²) in [6, 6.07) is 31.4. The standard InChI is InChI=1S/C35H38IN3O4S/c1-4-27(3)37-35(41)33(23-28-14-7-5-8-15-28)38(24-29-16-12-11-13-26(29)2)34(40)25-39(31-21-19-30(36)20-22-31)44(42,43)32-17-9-6-10-18-32/h5-22,27,33H,4,23-25H2,1-3H3,(H,37,41)/t27-,33+/m0/s1. The van der Waals surface area contributed by atoms with E-state index in [4.69, 9.17) is 0 Å². The average molecular weight is 724 g/mol. The Hall–Kier alpha value is -3.70. The van der Waals surface area contributed by atoms with Gasteiger partial charge < -0.3 is 10.2 Å². The summed E-state index contributed by atoms with van der Waals surface area (Å²) in [5.74, 6) is -0.761. The summed E-state index contributed by atoms with van der Waals surface area (Å²) in [5, 5.41) is 3.07. The number of carbonyl (C=O) groups excluding carboxylic acids is 2. The van der Waals surface area contributed by atoms with Gasteiger partial charge >= 0.3 is 0 Å². The van der Waals surface area contributed by atoms with Gasteiger partial charge in [0, 0.05) is 22.6 Å². The largest absolute Gasteiger partial charge is 0.352 e. The van der Waals surface area contributed by atoms with Crippen LogP contribution >= 0.6 is 22.6 Å². The van der Waals surface area contributed by atoms with Crippen LogP contribution in [-0.4, -0.2) is 43.8 Å². The summed E-state index contributed by atoms with van der Waals surface area (Å²) < 4.78 is 30.2. The number of hydrogen-bond donors (Lipinski definition) is 1. The highest BCUT2D eigenvalue weighted by Gasteiger charge is 2.35. The van der Waals surface area contributed by atoms with Crippen molar-refractivity contribution in [1.29, 1.82) is 0 Å². The fourth-order valence-corrected chi connectivity index (χ4v) is 6.62. The Morgan fingerprint density at radius 3 is 2.05 bits per heavy atom. The molecule has 4 aromatic carbocycles. The van der Waals surface area contributed by atoms with Gasteiger partial charge in [-0.3, -0.25) is 13.9 Å². The minimum atomic E-state index is -4.12. The summed E-state index contributed by atoms with van der Waals surface area (Å²) in [6.45, 7) is 5.53. The molecule has 0 bridgehead atoms. The van der Waals surface area contributed by atoms with Gasteiger partial charge in [-0.25, -0.2) is 8.42 Å². The highest BCUT2D eigenvalue weighted by atomic mass is 127. The zero-order valence-electron chi connectivity index (χ0n) is 25.2. The van der Waals surface area contributed by atoms with Gasteiger partial charge in [-0.1, -0.05) is 79.7 Å². The molecule has 2 atom stereocenters. The molecule has 7 nitrogen and oxygen atoms in total. The second kappa shape index (κ2) is 15.3. The predicted octanol–water partition coefficient (Wildman–Crippen LogP) is 6.35. The molecular weight excluding hydrogens is 685 g/mol. The second-order valence-electron chi connectivity index (χ2n) is 10.8. The number of nitrogens with one attached hydrogen (secondary N) is 1. The topological polar surface area (TPSA) is 86.8 Å². The highest BCUT2D eigenvalue weighted by Crippen LogP contribution is 2.26. The van der Waals surface area contributed by atoms with Crippen LogP contribution < -0.4 is 9.62 Å². The summed E-state index contributed by atoms with van der Waals surface area (Å²) in [5.41, 5.74) is 3.10. The van der Waals surface area contributed by atoms with Crippen molar-refractivity contribution in [3.63, 3.8) is 0 Å². The predicted molar refractivity (Wildman–Crippen MR) is 184 cm³/mol. The third-order valence-corrected chi connectivity index (χ3v) is 10.1. The van der Waals surface area contributed by atoms with E-state index in [-0.39, 0.29) is 29.8 Å². The zero-order valence-corrected chi connectivity index (χ0v) is 28.2. The van der Waals surface area contributed by atoms with Crippen LogP contribution in [0.15, 0.2) is 114 Å². The van der Waals surface area contributed by atoms with Gasteiger partial charge in [-0.15, -0.1) is 0 Å². The number of aryl methyl sites for hydroxylation is 1. The van der Waals surface area contributed by atoms with Crippen molar-refractivity contribution in [2.75, 3.05) is 10.8 Å². The van der Waals surface area contributed by atoms with Crippen LogP contribution in [0.2, 0.25) is 0 Å². The van der Waals surface area contributed by atoms with Gasteiger partial charge in [-0.05, 0) is 95.9 Å². The molecule has 0 unspecified atom stereocenters. The van der Waals surface area contributed by atoms with Crippen molar-refractivity contribution in [2.24, 2.45) is 0 Å². The molecule has 230 valence electrons. The molecule has 0 aromatic heterocycles. The average Bonchev–Trinajstić information content (AvgIpc) is 3.03. The van der Waals surface area contributed by atoms with Crippen molar-refractivity contribution in [2.45, 2.75) is 57.1 Å². The number of halogens is 1. The van der Waals surface area contributed by atoms with Crippen LogP contribution in [0.4, 0.5) is 5.69 Å². The summed E-state index contributed by atoms with van der Waals surface area (Å²) in [7, 11) is -4.12. The number of nitrogens with zero attached hydrogens (tertiary/aromatic N) is 2. The Balaban J connectivity index is 1.80. The Kier molecular flexibility index (Phi) is 11.6. The van der Waals surface area contributed by atoms with E-state index in [0.717, 1.165) is 31.0 Å². The quantitative estimate of drug-likeness (QED) is 0.163. The van der Waals surface area contributed by atoms with Crippen molar-refractivity contribution in [3.05, 3.63) is 129 Å². The van der Waals surface area contributed by atoms with Gasteiger partial charge in [0.15, 0.2) is 0 Å². The van der Waals surface area contributed by atoms with E-state index in [1.807, 2.05) is 75.4 Å². The van der Waals surface area contributed by atoms with Gasteiger partial charge in [0.1, 0.15) is 12.6 Å². The van der Waals surface area contributed by atoms with E-state index in [2.05, 4.69) is 27.9 Å². The number of rotatable bonds is 13. The molecule has 0 radical (unpaired) electrons. The van der Waals surface area contributed by atoms with Gasteiger partial charge in [-0.2, -0.15) is 0 Å². The van der Waals surface area contributed by atoms with Crippen molar-refractivity contribution < 1.29 is 18.0 Å². The maximum atomic E-state index is 14.5. The molecule has 0 aliphatic heterocycles. The molecule has 2 amide bonds. The van der Waals surface area contributed by atoms with E-state index in [9.17, 15) is 18.0 Å². The minimum absolute atomic E-state index is 0.0761. The number of sulfonamides is 1. The number of amides is 2. The molecule has 0 heterocycles. The minimum Gasteiger partial charge on any atom is -0.352 e. The Bertz CT molecular complexity index is 1650. The van der Waals surface area contributed by atoms with Crippen molar-refractivity contribution in [1.82, 2.24) is 10.2 Å². The molecule has 0 aliphatic rings. The summed E-state index contributed by atoms with van der Waals surface area (Å²) >= 11 is 2.16. The van der Waals surface area contributed by atoms with Crippen LogP contribution in [0, 0.1) is 10.5 Å².